The molecule has 0 heterocycles. The Morgan fingerprint density at radius 3 is 2.26 bits per heavy atom. The Kier molecular flexibility index (Phi) is 11.6. The number of quaternary nitrogens is 1. The van der Waals surface area contributed by atoms with Crippen molar-refractivity contribution in [2.75, 3.05) is 19.7 Å². The van der Waals surface area contributed by atoms with Crippen molar-refractivity contribution in [2.24, 2.45) is 10.2 Å². The van der Waals surface area contributed by atoms with Gasteiger partial charge in [-0.25, -0.2) is 0 Å². The Hall–Kier alpha value is -1.72. The zero-order chi connectivity index (χ0) is 18.6. The molecule has 1 atom stereocenters. The lowest BCUT2D eigenvalue weighted by Gasteiger charge is -2.23. The molecule has 0 aliphatic carbocycles. The van der Waals surface area contributed by atoms with E-state index in [-0.39, 0.29) is 17.0 Å². The van der Waals surface area contributed by atoms with E-state index in [4.69, 9.17) is 4.74 Å². The topological polar surface area (TPSA) is 38.4 Å². The first-order valence-corrected chi connectivity index (χ1v) is 9.77. The van der Waals surface area contributed by atoms with Crippen LogP contribution in [0, 0.1) is 0 Å². The highest BCUT2D eigenvalue weighted by molar-refractivity contribution is 5.44. The van der Waals surface area contributed by atoms with E-state index in [0.717, 1.165) is 36.2 Å². The van der Waals surface area contributed by atoms with Gasteiger partial charge in [-0.05, 0) is 64.3 Å². The number of unbranched alkanes of at least 4 members (excludes halogenated alkanes) is 1. The Morgan fingerprint density at radius 1 is 0.889 bits per heavy atom. The van der Waals surface area contributed by atoms with Crippen LogP contribution in [0.5, 0.6) is 5.75 Å². The van der Waals surface area contributed by atoms with Crippen LogP contribution in [0.25, 0.3) is 0 Å². The maximum Gasteiger partial charge on any atom is 0.121 e. The van der Waals surface area contributed by atoms with E-state index in [2.05, 4.69) is 31.0 Å². The zero-order valence-corrected chi connectivity index (χ0v) is 18.3. The summed E-state index contributed by atoms with van der Waals surface area (Å²) in [6, 6.07) is 18.3. The average Bonchev–Trinajstić information content (AvgIpc) is 2.68. The number of hydrogen-bond donors (Lipinski definition) is 1. The maximum atomic E-state index is 5.89. The van der Waals surface area contributed by atoms with Crippen LogP contribution in [0.3, 0.4) is 0 Å². The third kappa shape index (κ3) is 8.67. The predicted molar refractivity (Wildman–Crippen MR) is 108 cm³/mol. The first kappa shape index (κ1) is 23.3. The van der Waals surface area contributed by atoms with Gasteiger partial charge in [0.25, 0.3) is 0 Å². The molecule has 1 N–H and O–H groups in total. The smallest absolute Gasteiger partial charge is 0.121 e. The molecule has 0 amide bonds. The molecule has 2 rings (SSSR count). The Labute approximate surface area is 174 Å². The minimum absolute atomic E-state index is 0. The van der Waals surface area contributed by atoms with Gasteiger partial charge in [-0.3, -0.25) is 0 Å². The molecule has 0 fully saturated rings. The largest absolute Gasteiger partial charge is 1.00 e. The number of rotatable bonds is 11. The molecule has 0 aliphatic rings. The predicted octanol–water partition coefficient (Wildman–Crippen LogP) is 1.97. The summed E-state index contributed by atoms with van der Waals surface area (Å²) in [6.07, 6.45) is 3.55. The number of halogens is 1. The minimum Gasteiger partial charge on any atom is -1.00 e. The summed E-state index contributed by atoms with van der Waals surface area (Å²) in [7, 11) is 0. The first-order valence-electron chi connectivity index (χ1n) is 9.77. The van der Waals surface area contributed by atoms with Crippen LogP contribution < -0.4 is 26.6 Å². The molecule has 0 spiro atoms. The molecule has 0 radical (unpaired) electrons. The highest BCUT2D eigenvalue weighted by Gasteiger charge is 2.12. The molecular weight excluding hydrogens is 402 g/mol. The molecule has 0 saturated heterocycles. The van der Waals surface area contributed by atoms with Crippen LogP contribution in [0.1, 0.15) is 40.0 Å². The summed E-state index contributed by atoms with van der Waals surface area (Å²) in [6.45, 7) is 10.0. The van der Waals surface area contributed by atoms with Gasteiger partial charge in [-0.1, -0.05) is 24.3 Å². The fraction of sp³-hybridized carbons (Fsp3) is 0.455. The van der Waals surface area contributed by atoms with Gasteiger partial charge in [0.15, 0.2) is 0 Å². The Morgan fingerprint density at radius 2 is 1.56 bits per heavy atom. The fourth-order valence-corrected chi connectivity index (χ4v) is 3.14. The zero-order valence-electron chi connectivity index (χ0n) is 16.7. The van der Waals surface area contributed by atoms with Crippen molar-refractivity contribution in [3.63, 3.8) is 0 Å². The number of azo groups is 1. The monoisotopic (exact) mass is 433 g/mol. The summed E-state index contributed by atoms with van der Waals surface area (Å²) in [5.74, 6) is 0.858. The van der Waals surface area contributed by atoms with Crippen molar-refractivity contribution in [3.8, 4) is 5.75 Å². The lowest BCUT2D eigenvalue weighted by Crippen LogP contribution is -3.14. The van der Waals surface area contributed by atoms with Crippen molar-refractivity contribution in [1.29, 1.82) is 0 Å². The molecule has 4 nitrogen and oxygen atoms in total. The normalized spacial score (nSPS) is 12.1. The van der Waals surface area contributed by atoms with Gasteiger partial charge in [-0.15, -0.1) is 0 Å². The molecule has 0 saturated carbocycles. The molecule has 27 heavy (non-hydrogen) atoms. The molecule has 148 valence electrons. The SMILES string of the molecule is CC[NH+](CC)C(C)CCCCOc1cccc(N=Nc2ccccc2)c1.[Br-]. The van der Waals surface area contributed by atoms with E-state index in [9.17, 15) is 0 Å². The number of hydrogen-bond acceptors (Lipinski definition) is 3. The van der Waals surface area contributed by atoms with E-state index < -0.39 is 0 Å². The second kappa shape index (κ2) is 13.4. The van der Waals surface area contributed by atoms with Gasteiger partial charge >= 0.3 is 0 Å². The first-order chi connectivity index (χ1) is 12.7. The summed E-state index contributed by atoms with van der Waals surface area (Å²) < 4.78 is 5.89. The minimum atomic E-state index is 0. The van der Waals surface area contributed by atoms with Crippen LogP contribution in [-0.4, -0.2) is 25.7 Å². The molecule has 0 aliphatic heterocycles. The van der Waals surface area contributed by atoms with Crippen LogP contribution >= 0.6 is 0 Å². The molecular formula is C22H32BrN3O. The Bertz CT molecular complexity index is 660. The lowest BCUT2D eigenvalue weighted by molar-refractivity contribution is -0.920. The van der Waals surface area contributed by atoms with Gasteiger partial charge in [0.05, 0.1) is 37.1 Å². The number of ether oxygens (including phenoxy) is 1. The van der Waals surface area contributed by atoms with Crippen molar-refractivity contribution >= 4 is 11.4 Å². The average molecular weight is 434 g/mol. The summed E-state index contributed by atoms with van der Waals surface area (Å²) in [5, 5.41) is 8.53. The highest BCUT2D eigenvalue weighted by Crippen LogP contribution is 2.22. The van der Waals surface area contributed by atoms with Crippen LogP contribution in [0.2, 0.25) is 0 Å². The van der Waals surface area contributed by atoms with Gasteiger partial charge < -0.3 is 26.6 Å². The molecule has 0 bridgehead atoms. The van der Waals surface area contributed by atoms with Crippen LogP contribution in [-0.2, 0) is 0 Å². The molecule has 2 aromatic rings. The van der Waals surface area contributed by atoms with Gasteiger partial charge in [0.2, 0.25) is 0 Å². The van der Waals surface area contributed by atoms with E-state index in [1.54, 1.807) is 4.90 Å². The summed E-state index contributed by atoms with van der Waals surface area (Å²) in [5.41, 5.74) is 1.66. The van der Waals surface area contributed by atoms with Gasteiger partial charge in [0.1, 0.15) is 5.75 Å². The third-order valence-electron chi connectivity index (χ3n) is 4.76. The molecule has 2 aromatic carbocycles. The summed E-state index contributed by atoms with van der Waals surface area (Å²) >= 11 is 0. The molecule has 0 aromatic heterocycles. The van der Waals surface area contributed by atoms with E-state index in [1.165, 1.54) is 25.9 Å². The van der Waals surface area contributed by atoms with Crippen LogP contribution in [0.4, 0.5) is 11.4 Å². The third-order valence-corrected chi connectivity index (χ3v) is 4.76. The second-order valence-corrected chi connectivity index (χ2v) is 6.64. The lowest BCUT2D eigenvalue weighted by atomic mass is 10.1. The van der Waals surface area contributed by atoms with Crippen molar-refractivity contribution < 1.29 is 26.6 Å². The van der Waals surface area contributed by atoms with Gasteiger partial charge in [-0.2, -0.15) is 10.2 Å². The highest BCUT2D eigenvalue weighted by atomic mass is 79.9. The molecule has 5 heteroatoms. The molecule has 1 unspecified atom stereocenters. The van der Waals surface area contributed by atoms with E-state index in [0.29, 0.717) is 0 Å². The van der Waals surface area contributed by atoms with E-state index in [1.807, 2.05) is 54.6 Å². The van der Waals surface area contributed by atoms with Gasteiger partial charge in [0, 0.05) is 6.07 Å². The summed E-state index contributed by atoms with van der Waals surface area (Å²) in [4.78, 5) is 1.68. The number of nitrogens with one attached hydrogen (secondary N) is 1. The van der Waals surface area contributed by atoms with Crippen molar-refractivity contribution in [3.05, 3.63) is 54.6 Å². The maximum absolute atomic E-state index is 5.89. The van der Waals surface area contributed by atoms with Crippen molar-refractivity contribution in [2.45, 2.75) is 46.1 Å². The van der Waals surface area contributed by atoms with E-state index >= 15 is 0 Å². The standard InChI is InChI=1S/C22H31N3O.BrH/c1-4-25(5-2)19(3)12-9-10-17-26-22-16-11-15-21(18-22)24-23-20-13-7-6-8-14-20;/h6-8,11,13-16,18-19H,4-5,9-10,12,17H2,1-3H3;1H. The fourth-order valence-electron chi connectivity index (χ4n) is 3.14. The number of benzene rings is 2. The second-order valence-electron chi connectivity index (χ2n) is 6.64. The quantitative estimate of drug-likeness (QED) is 0.426. The number of nitrogens with zero attached hydrogens (tertiary/aromatic N) is 2. The van der Waals surface area contributed by atoms with Crippen molar-refractivity contribution in [1.82, 2.24) is 0 Å². The Balaban J connectivity index is 0.00000364. The van der Waals surface area contributed by atoms with Crippen LogP contribution in [0.15, 0.2) is 64.8 Å².